The van der Waals surface area contributed by atoms with Crippen LogP contribution in [0.2, 0.25) is 0 Å². The van der Waals surface area contributed by atoms with Crippen LogP contribution in [0.5, 0.6) is 0 Å². The van der Waals surface area contributed by atoms with Gasteiger partial charge in [-0.05, 0) is 66.3 Å². The molecule has 0 aliphatic carbocycles. The van der Waals surface area contributed by atoms with E-state index in [1.165, 1.54) is 10.6 Å². The monoisotopic (exact) mass is 630 g/mol. The Kier molecular flexibility index (Phi) is 8.51. The highest BCUT2D eigenvalue weighted by Crippen LogP contribution is 2.43. The number of nitrogens with zero attached hydrogens (tertiary/aromatic N) is 2. The smallest absolute Gasteiger partial charge is 0.336 e. The van der Waals surface area contributed by atoms with Gasteiger partial charge in [0.05, 0.1) is 22.2 Å². The van der Waals surface area contributed by atoms with E-state index in [2.05, 4.69) is 59.7 Å². The second kappa shape index (κ2) is 10.1. The second-order valence-corrected chi connectivity index (χ2v) is 17.1. The van der Waals surface area contributed by atoms with Crippen LogP contribution in [0.15, 0.2) is 17.3 Å². The first-order valence-corrected chi connectivity index (χ1v) is 13.1. The zero-order valence-corrected chi connectivity index (χ0v) is 21.6. The van der Waals surface area contributed by atoms with Crippen LogP contribution in [0, 0.1) is 0 Å². The topological polar surface area (TPSA) is 127 Å². The number of hydrogen-bond donors (Lipinski definition) is 2. The summed E-state index contributed by atoms with van der Waals surface area (Å²) in [6.07, 6.45) is 5.88. The third-order valence-electron chi connectivity index (χ3n) is 4.59. The third kappa shape index (κ3) is 5.43. The lowest BCUT2D eigenvalue weighted by Gasteiger charge is -2.15. The largest absolute Gasteiger partial charge is 0.478 e. The summed E-state index contributed by atoms with van der Waals surface area (Å²) in [4.78, 5) is 27.2. The van der Waals surface area contributed by atoms with Crippen molar-refractivity contribution in [3.05, 3.63) is 23.3 Å². The number of carboxylic acids is 2. The van der Waals surface area contributed by atoms with Crippen LogP contribution in [0.25, 0.3) is 11.0 Å². The lowest BCUT2D eigenvalue weighted by molar-refractivity contribution is 0.0652. The molecule has 1 heterocycles. The molecule has 2 aromatic rings. The molecule has 166 valence electrons. The first-order valence-electron chi connectivity index (χ1n) is 9.24. The summed E-state index contributed by atoms with van der Waals surface area (Å²) in [6, 6.07) is 2.26. The molecule has 2 N–H and O–H groups in total. The number of sulfone groups is 1. The van der Waals surface area contributed by atoms with Crippen LogP contribution >= 0.6 is 47.8 Å². The summed E-state index contributed by atoms with van der Waals surface area (Å²) >= 11 is 9.05. The molecule has 30 heavy (non-hydrogen) atoms. The second-order valence-electron chi connectivity index (χ2n) is 6.76. The first-order chi connectivity index (χ1) is 13.9. The van der Waals surface area contributed by atoms with Gasteiger partial charge in [-0.3, -0.25) is 0 Å². The summed E-state index contributed by atoms with van der Waals surface area (Å²) in [5.41, 5.74) is -0.531. The minimum absolute atomic E-state index is 0.0960. The number of rotatable bonds is 10. The van der Waals surface area contributed by atoms with Gasteiger partial charge in [-0.2, -0.15) is 0 Å². The van der Waals surface area contributed by atoms with E-state index in [0.717, 1.165) is 38.2 Å². The molecule has 0 saturated heterocycles. The van der Waals surface area contributed by atoms with Crippen LogP contribution in [-0.2, 0) is 16.4 Å². The highest BCUT2D eigenvalue weighted by Gasteiger charge is 2.41. The van der Waals surface area contributed by atoms with E-state index in [-0.39, 0.29) is 16.2 Å². The summed E-state index contributed by atoms with van der Waals surface area (Å²) in [7, 11) is -4.08. The Labute approximate surface area is 199 Å². The van der Waals surface area contributed by atoms with E-state index in [1.807, 2.05) is 0 Å². The minimum Gasteiger partial charge on any atom is -0.478 e. The van der Waals surface area contributed by atoms with E-state index < -0.39 is 34.4 Å². The molecule has 0 radical (unpaired) electrons. The molecule has 1 aromatic carbocycles. The van der Waals surface area contributed by atoms with Crippen molar-refractivity contribution in [3.8, 4) is 0 Å². The highest BCUT2D eigenvalue weighted by atomic mass is 80.0. The number of alkyl halides is 3. The van der Waals surface area contributed by atoms with Gasteiger partial charge in [0, 0.05) is 6.54 Å². The maximum atomic E-state index is 13.0. The number of aryl methyl sites for hydroxylation is 1. The number of aromatic nitrogens is 2. The Morgan fingerprint density at radius 2 is 1.53 bits per heavy atom. The first kappa shape index (κ1) is 25.3. The molecule has 0 atom stereocenters. The Bertz CT molecular complexity index is 1060. The van der Waals surface area contributed by atoms with Crippen molar-refractivity contribution in [2.45, 2.75) is 58.6 Å². The third-order valence-corrected chi connectivity index (χ3v) is 9.83. The van der Waals surface area contributed by atoms with Crippen molar-refractivity contribution in [2.24, 2.45) is 0 Å². The number of halogens is 3. The molecule has 0 amide bonds. The van der Waals surface area contributed by atoms with E-state index in [4.69, 9.17) is 0 Å². The number of hydrogen-bond acceptors (Lipinski definition) is 5. The number of fused-ring (bicyclic) bond motifs is 1. The SMILES string of the molecule is CCCCCCCCn1c(S(=O)(=O)C(Br)(Br)Br)nc2cc(C(=O)O)c(C(=O)O)cc21. The highest BCUT2D eigenvalue weighted by molar-refractivity contribution is 9.42. The number of imidazole rings is 1. The number of unbranched alkanes of at least 4 members (excludes halogenated alkanes) is 5. The molecule has 1 aromatic heterocycles. The number of aromatic carboxylic acids is 2. The molecule has 2 rings (SSSR count). The van der Waals surface area contributed by atoms with Crippen molar-refractivity contribution < 1.29 is 28.2 Å². The molecule has 0 spiro atoms. The van der Waals surface area contributed by atoms with Crippen molar-refractivity contribution in [1.29, 1.82) is 0 Å². The number of carboxylic acid groups (broad SMARTS) is 2. The predicted octanol–water partition coefficient (Wildman–Crippen LogP) is 5.36. The molecule has 12 heteroatoms. The molecule has 0 aliphatic heterocycles. The van der Waals surface area contributed by atoms with Crippen LogP contribution in [0.1, 0.15) is 66.2 Å². The van der Waals surface area contributed by atoms with Gasteiger partial charge < -0.3 is 14.8 Å². The molecule has 0 aliphatic rings. The van der Waals surface area contributed by atoms with E-state index in [9.17, 15) is 28.2 Å². The van der Waals surface area contributed by atoms with Crippen molar-refractivity contribution in [1.82, 2.24) is 9.55 Å². The van der Waals surface area contributed by atoms with Crippen molar-refractivity contribution in [3.63, 3.8) is 0 Å². The molecule has 8 nitrogen and oxygen atoms in total. The van der Waals surface area contributed by atoms with Crippen LogP contribution in [0.4, 0.5) is 0 Å². The zero-order chi connectivity index (χ0) is 22.7. The van der Waals surface area contributed by atoms with Gasteiger partial charge in [0.15, 0.2) is 0 Å². The van der Waals surface area contributed by atoms with E-state index in [0.29, 0.717) is 13.0 Å². The maximum Gasteiger partial charge on any atom is 0.336 e. The van der Waals surface area contributed by atoms with Gasteiger partial charge >= 0.3 is 11.9 Å². The Hall–Kier alpha value is -0.980. The summed E-state index contributed by atoms with van der Waals surface area (Å²) in [5, 5.41) is 18.5. The minimum atomic E-state index is -4.08. The molecule has 0 fully saturated rings. The summed E-state index contributed by atoms with van der Waals surface area (Å²) in [5.74, 6) is -2.85. The normalized spacial score (nSPS) is 12.4. The Balaban J connectivity index is 2.60. The fourth-order valence-corrected chi connectivity index (χ4v) is 5.29. The molecular weight excluding hydrogens is 612 g/mol. The van der Waals surface area contributed by atoms with Crippen molar-refractivity contribution >= 4 is 80.6 Å². The Morgan fingerprint density at radius 1 is 1.00 bits per heavy atom. The fourth-order valence-electron chi connectivity index (χ4n) is 3.08. The average Bonchev–Trinajstić information content (AvgIpc) is 3.00. The summed E-state index contributed by atoms with van der Waals surface area (Å²) in [6.45, 7) is 2.42. The van der Waals surface area contributed by atoms with Gasteiger partial charge in [-0.15, -0.1) is 0 Å². The van der Waals surface area contributed by atoms with Crippen molar-refractivity contribution in [2.75, 3.05) is 0 Å². The predicted molar refractivity (Wildman–Crippen MR) is 124 cm³/mol. The van der Waals surface area contributed by atoms with Gasteiger partial charge in [-0.25, -0.2) is 23.0 Å². The number of benzene rings is 1. The van der Waals surface area contributed by atoms with Crippen LogP contribution < -0.4 is 0 Å². The zero-order valence-electron chi connectivity index (χ0n) is 16.1. The molecule has 0 unspecified atom stereocenters. The van der Waals surface area contributed by atoms with E-state index in [1.54, 1.807) is 0 Å². The van der Waals surface area contributed by atoms with Crippen LogP contribution in [0.3, 0.4) is 0 Å². The quantitative estimate of drug-likeness (QED) is 0.267. The van der Waals surface area contributed by atoms with Gasteiger partial charge in [-0.1, -0.05) is 39.0 Å². The molecular formula is C18H21Br3N2O6S. The lowest BCUT2D eigenvalue weighted by Crippen LogP contribution is -2.22. The fraction of sp³-hybridized carbons (Fsp3) is 0.500. The molecule has 0 saturated carbocycles. The van der Waals surface area contributed by atoms with E-state index >= 15 is 0 Å². The average molecular weight is 633 g/mol. The van der Waals surface area contributed by atoms with Gasteiger partial charge in [0.1, 0.15) is 0 Å². The number of carbonyl (C=O) groups is 2. The Morgan fingerprint density at radius 3 is 2.07 bits per heavy atom. The lowest BCUT2D eigenvalue weighted by atomic mass is 10.1. The maximum absolute atomic E-state index is 13.0. The standard InChI is InChI=1S/C18H21Br3N2O6S/c1-2-3-4-5-6-7-8-23-14-10-12(16(26)27)11(15(24)25)9-13(14)22-17(23)30(28,29)18(19,20)21/h9-10H,2-8H2,1H3,(H,24,25)(H,26,27). The van der Waals surface area contributed by atoms with Gasteiger partial charge in [0.25, 0.3) is 0 Å². The van der Waals surface area contributed by atoms with Crippen LogP contribution in [-0.4, -0.2) is 41.6 Å². The van der Waals surface area contributed by atoms with Gasteiger partial charge in [0.2, 0.25) is 16.5 Å². The summed E-state index contributed by atoms with van der Waals surface area (Å²) < 4.78 is 25.8. The molecule has 0 bridgehead atoms.